The van der Waals surface area contributed by atoms with Crippen LogP contribution >= 0.6 is 11.6 Å². The molecule has 0 saturated carbocycles. The molecule has 0 spiro atoms. The summed E-state index contributed by atoms with van der Waals surface area (Å²) in [4.78, 5) is 4.88. The van der Waals surface area contributed by atoms with Crippen molar-refractivity contribution in [3.8, 4) is 5.75 Å². The highest BCUT2D eigenvalue weighted by molar-refractivity contribution is 6.30. The highest BCUT2D eigenvalue weighted by atomic mass is 35.5. The summed E-state index contributed by atoms with van der Waals surface area (Å²) < 4.78 is 8.28. The minimum absolute atomic E-state index is 0.113. The zero-order chi connectivity index (χ0) is 19.8. The SMILES string of the molecule is CCOc1ccccc1[C@@H]1C[C@@H](c2ccc(Cl)cc2)Nc2nc3ccccc3n21. The van der Waals surface area contributed by atoms with Gasteiger partial charge in [-0.3, -0.25) is 0 Å². The van der Waals surface area contributed by atoms with Crippen molar-refractivity contribution in [3.63, 3.8) is 0 Å². The van der Waals surface area contributed by atoms with Gasteiger partial charge in [0.2, 0.25) is 5.95 Å². The van der Waals surface area contributed by atoms with Crippen LogP contribution in [0.15, 0.2) is 72.8 Å². The van der Waals surface area contributed by atoms with Gasteiger partial charge in [0.1, 0.15) is 5.75 Å². The maximum atomic E-state index is 6.11. The second-order valence-corrected chi connectivity index (χ2v) is 7.70. The van der Waals surface area contributed by atoms with Gasteiger partial charge < -0.3 is 14.6 Å². The van der Waals surface area contributed by atoms with Gasteiger partial charge in [0.15, 0.2) is 0 Å². The number of fused-ring (bicyclic) bond motifs is 3. The zero-order valence-electron chi connectivity index (χ0n) is 16.2. The molecule has 2 heterocycles. The average molecular weight is 404 g/mol. The molecule has 146 valence electrons. The quantitative estimate of drug-likeness (QED) is 0.438. The normalized spacial score (nSPS) is 18.3. The molecule has 0 saturated heterocycles. The monoisotopic (exact) mass is 403 g/mol. The van der Waals surface area contributed by atoms with Crippen molar-refractivity contribution in [2.45, 2.75) is 25.4 Å². The molecule has 1 aliphatic rings. The van der Waals surface area contributed by atoms with Gasteiger partial charge in [-0.25, -0.2) is 4.98 Å². The lowest BCUT2D eigenvalue weighted by atomic mass is 9.92. The van der Waals surface area contributed by atoms with E-state index in [-0.39, 0.29) is 12.1 Å². The van der Waals surface area contributed by atoms with Crippen molar-refractivity contribution in [1.29, 1.82) is 0 Å². The molecule has 1 aromatic heterocycles. The molecule has 4 aromatic rings. The Hall–Kier alpha value is -2.98. The summed E-state index contributed by atoms with van der Waals surface area (Å²) in [6.45, 7) is 2.66. The van der Waals surface area contributed by atoms with Gasteiger partial charge in [0.05, 0.1) is 29.7 Å². The van der Waals surface area contributed by atoms with Crippen LogP contribution in [0.5, 0.6) is 5.75 Å². The van der Waals surface area contributed by atoms with Crippen LogP contribution in [0.25, 0.3) is 11.0 Å². The minimum Gasteiger partial charge on any atom is -0.494 e. The van der Waals surface area contributed by atoms with E-state index < -0.39 is 0 Å². The summed E-state index contributed by atoms with van der Waals surface area (Å²) >= 11 is 6.11. The number of para-hydroxylation sites is 3. The molecule has 0 unspecified atom stereocenters. The topological polar surface area (TPSA) is 39.1 Å². The molecule has 3 aromatic carbocycles. The number of imidazole rings is 1. The van der Waals surface area contributed by atoms with E-state index in [0.717, 1.165) is 34.2 Å². The fourth-order valence-electron chi connectivity index (χ4n) is 4.23. The summed E-state index contributed by atoms with van der Waals surface area (Å²) in [7, 11) is 0. The molecule has 0 aliphatic carbocycles. The predicted octanol–water partition coefficient (Wildman–Crippen LogP) is 6.23. The average Bonchev–Trinajstić information content (AvgIpc) is 3.13. The van der Waals surface area contributed by atoms with Crippen molar-refractivity contribution >= 4 is 28.6 Å². The Kier molecular flexibility index (Phi) is 4.64. The fourth-order valence-corrected chi connectivity index (χ4v) is 4.35. The number of nitrogens with one attached hydrogen (secondary N) is 1. The molecule has 5 heteroatoms. The van der Waals surface area contributed by atoms with Crippen LogP contribution in [-0.4, -0.2) is 16.2 Å². The second kappa shape index (κ2) is 7.45. The van der Waals surface area contributed by atoms with E-state index in [4.69, 9.17) is 21.3 Å². The molecule has 0 amide bonds. The molecule has 5 rings (SSSR count). The Balaban J connectivity index is 1.67. The lowest BCUT2D eigenvalue weighted by Crippen LogP contribution is -2.27. The first-order valence-corrected chi connectivity index (χ1v) is 10.3. The molecule has 1 N–H and O–H groups in total. The van der Waals surface area contributed by atoms with Gasteiger partial charge in [-0.2, -0.15) is 0 Å². The highest BCUT2D eigenvalue weighted by Gasteiger charge is 2.32. The Morgan fingerprint density at radius 3 is 2.62 bits per heavy atom. The smallest absolute Gasteiger partial charge is 0.204 e. The first-order chi connectivity index (χ1) is 14.2. The summed E-state index contributed by atoms with van der Waals surface area (Å²) in [6, 6.07) is 24.9. The van der Waals surface area contributed by atoms with Gasteiger partial charge in [-0.15, -0.1) is 0 Å². The van der Waals surface area contributed by atoms with Gasteiger partial charge in [-0.05, 0) is 49.2 Å². The van der Waals surface area contributed by atoms with Crippen LogP contribution in [0.2, 0.25) is 5.02 Å². The van der Waals surface area contributed by atoms with Crippen LogP contribution in [0.1, 0.15) is 36.6 Å². The molecule has 0 fully saturated rings. The van der Waals surface area contributed by atoms with Crippen molar-refractivity contribution in [2.75, 3.05) is 11.9 Å². The molecule has 4 nitrogen and oxygen atoms in total. The van der Waals surface area contributed by atoms with Crippen LogP contribution in [0, 0.1) is 0 Å². The Labute approximate surface area is 175 Å². The van der Waals surface area contributed by atoms with Gasteiger partial charge >= 0.3 is 0 Å². The number of hydrogen-bond acceptors (Lipinski definition) is 3. The van der Waals surface area contributed by atoms with E-state index in [1.807, 2.05) is 31.2 Å². The number of nitrogens with zero attached hydrogens (tertiary/aromatic N) is 2. The third kappa shape index (κ3) is 3.23. The van der Waals surface area contributed by atoms with Crippen molar-refractivity contribution in [1.82, 2.24) is 9.55 Å². The van der Waals surface area contributed by atoms with Gasteiger partial charge in [0.25, 0.3) is 0 Å². The molecule has 0 bridgehead atoms. The number of hydrogen-bond donors (Lipinski definition) is 1. The van der Waals surface area contributed by atoms with E-state index in [0.29, 0.717) is 6.61 Å². The fraction of sp³-hybridized carbons (Fsp3) is 0.208. The van der Waals surface area contributed by atoms with E-state index >= 15 is 0 Å². The summed E-state index contributed by atoms with van der Waals surface area (Å²) in [5.74, 6) is 1.81. The van der Waals surface area contributed by atoms with Crippen LogP contribution in [0.4, 0.5) is 5.95 Å². The van der Waals surface area contributed by atoms with Crippen molar-refractivity contribution < 1.29 is 4.74 Å². The van der Waals surface area contributed by atoms with Crippen LogP contribution in [0.3, 0.4) is 0 Å². The number of halogens is 1. The summed E-state index contributed by atoms with van der Waals surface area (Å²) in [5.41, 5.74) is 4.50. The van der Waals surface area contributed by atoms with Crippen molar-refractivity contribution in [3.05, 3.63) is 88.9 Å². The second-order valence-electron chi connectivity index (χ2n) is 7.26. The maximum Gasteiger partial charge on any atom is 0.204 e. The van der Waals surface area contributed by atoms with Crippen LogP contribution < -0.4 is 10.1 Å². The van der Waals surface area contributed by atoms with Gasteiger partial charge in [-0.1, -0.05) is 54.1 Å². The Morgan fingerprint density at radius 2 is 1.79 bits per heavy atom. The number of aromatic nitrogens is 2. The third-order valence-corrected chi connectivity index (χ3v) is 5.77. The Bertz CT molecular complexity index is 1150. The highest BCUT2D eigenvalue weighted by Crippen LogP contribution is 2.43. The Morgan fingerprint density at radius 1 is 1.03 bits per heavy atom. The van der Waals surface area contributed by atoms with Crippen LogP contribution in [-0.2, 0) is 0 Å². The van der Waals surface area contributed by atoms with E-state index in [9.17, 15) is 0 Å². The minimum atomic E-state index is 0.113. The van der Waals surface area contributed by atoms with E-state index in [1.54, 1.807) is 0 Å². The first kappa shape index (κ1) is 18.1. The zero-order valence-corrected chi connectivity index (χ0v) is 16.9. The first-order valence-electron chi connectivity index (χ1n) is 9.95. The standard InChI is InChI=1S/C24H22ClN3O/c1-2-29-23-10-6-3-7-18(23)22-15-20(16-11-13-17(25)14-12-16)27-24-26-19-8-4-5-9-21(19)28(22)24/h3-14,20,22H,2,15H2,1H3,(H,26,27)/t20-,22-/m0/s1. The lowest BCUT2D eigenvalue weighted by molar-refractivity contribution is 0.329. The lowest BCUT2D eigenvalue weighted by Gasteiger charge is -2.34. The summed E-state index contributed by atoms with van der Waals surface area (Å²) in [6.07, 6.45) is 0.888. The van der Waals surface area contributed by atoms with Gasteiger partial charge in [0, 0.05) is 10.6 Å². The molecule has 0 radical (unpaired) electrons. The third-order valence-electron chi connectivity index (χ3n) is 5.52. The predicted molar refractivity (Wildman–Crippen MR) is 118 cm³/mol. The summed E-state index contributed by atoms with van der Waals surface area (Å²) in [5, 5.41) is 4.39. The molecule has 29 heavy (non-hydrogen) atoms. The molecular formula is C24H22ClN3O. The number of rotatable bonds is 4. The number of ether oxygens (including phenoxy) is 1. The van der Waals surface area contributed by atoms with Crippen molar-refractivity contribution in [2.24, 2.45) is 0 Å². The number of benzene rings is 3. The molecular weight excluding hydrogens is 382 g/mol. The maximum absolute atomic E-state index is 6.11. The number of anilines is 1. The molecule has 2 atom stereocenters. The van der Waals surface area contributed by atoms with E-state index in [2.05, 4.69) is 58.4 Å². The van der Waals surface area contributed by atoms with E-state index in [1.165, 1.54) is 11.1 Å². The largest absolute Gasteiger partial charge is 0.494 e. The molecule has 1 aliphatic heterocycles.